The lowest BCUT2D eigenvalue weighted by molar-refractivity contribution is 0.480. The molecule has 0 unspecified atom stereocenters. The molecule has 3 heterocycles. The highest BCUT2D eigenvalue weighted by molar-refractivity contribution is 6.30. The number of anilines is 2. The Bertz CT molecular complexity index is 603. The van der Waals surface area contributed by atoms with Gasteiger partial charge >= 0.3 is 0 Å². The predicted molar refractivity (Wildman–Crippen MR) is 75.6 cm³/mol. The second-order valence-electron chi connectivity index (χ2n) is 4.69. The normalized spacial score (nSPS) is 15.1. The number of pyridine rings is 1. The smallest absolute Gasteiger partial charge is 0.167 e. The molecule has 104 valence electrons. The minimum Gasteiger partial charge on any atom is -0.351 e. The molecule has 0 aromatic carbocycles. The van der Waals surface area contributed by atoms with Gasteiger partial charge in [-0.1, -0.05) is 11.6 Å². The van der Waals surface area contributed by atoms with E-state index in [0.717, 1.165) is 18.9 Å². The molecule has 0 atom stereocenters. The average Bonchev–Trinajstić information content (AvgIpc) is 2.38. The third-order valence-electron chi connectivity index (χ3n) is 3.41. The number of halogens is 2. The van der Waals surface area contributed by atoms with Crippen molar-refractivity contribution >= 4 is 23.2 Å². The molecule has 1 aliphatic rings. The maximum absolute atomic E-state index is 13.8. The first-order valence-electron chi connectivity index (χ1n) is 6.20. The molecule has 0 spiro atoms. The van der Waals surface area contributed by atoms with E-state index in [4.69, 9.17) is 11.6 Å². The van der Waals surface area contributed by atoms with E-state index in [1.54, 1.807) is 18.6 Å². The topological polar surface area (TPSA) is 45.2 Å². The van der Waals surface area contributed by atoms with E-state index < -0.39 is 5.82 Å². The molecule has 0 saturated carbocycles. The van der Waals surface area contributed by atoms with E-state index in [0.29, 0.717) is 10.8 Å². The number of nitrogens with zero attached hydrogens (tertiary/aromatic N) is 5. The molecule has 5 nitrogen and oxygen atoms in total. The maximum Gasteiger partial charge on any atom is 0.167 e. The zero-order valence-electron chi connectivity index (χ0n) is 10.9. The van der Waals surface area contributed by atoms with Gasteiger partial charge in [-0.25, -0.2) is 14.4 Å². The molecule has 3 rings (SSSR count). The van der Waals surface area contributed by atoms with Crippen molar-refractivity contribution in [1.82, 2.24) is 15.0 Å². The van der Waals surface area contributed by atoms with E-state index in [2.05, 4.69) is 19.9 Å². The lowest BCUT2D eigenvalue weighted by Crippen LogP contribution is -2.59. The summed E-state index contributed by atoms with van der Waals surface area (Å²) in [6.45, 7) is 1.53. The van der Waals surface area contributed by atoms with Crippen LogP contribution in [0.5, 0.6) is 0 Å². The van der Waals surface area contributed by atoms with Crippen molar-refractivity contribution < 1.29 is 4.39 Å². The van der Waals surface area contributed by atoms with Gasteiger partial charge in [0.05, 0.1) is 17.3 Å². The summed E-state index contributed by atoms with van der Waals surface area (Å²) in [5.74, 6) is 0.748. The van der Waals surface area contributed by atoms with Gasteiger partial charge in [-0.05, 0) is 6.07 Å². The number of rotatable bonds is 3. The van der Waals surface area contributed by atoms with Gasteiger partial charge in [0.15, 0.2) is 11.6 Å². The van der Waals surface area contributed by atoms with Crippen LogP contribution < -0.4 is 9.80 Å². The van der Waals surface area contributed by atoms with Crippen molar-refractivity contribution in [2.45, 2.75) is 6.04 Å². The van der Waals surface area contributed by atoms with E-state index in [1.807, 2.05) is 11.9 Å². The van der Waals surface area contributed by atoms with Crippen molar-refractivity contribution in [2.24, 2.45) is 0 Å². The number of hydrogen-bond acceptors (Lipinski definition) is 5. The fraction of sp³-hybridized carbons (Fsp3) is 0.308. The quantitative estimate of drug-likeness (QED) is 0.866. The van der Waals surface area contributed by atoms with Gasteiger partial charge in [-0.2, -0.15) is 0 Å². The Labute approximate surface area is 121 Å². The average molecular weight is 294 g/mol. The molecule has 1 saturated heterocycles. The Morgan fingerprint density at radius 1 is 1.30 bits per heavy atom. The minimum absolute atomic E-state index is 0.195. The van der Waals surface area contributed by atoms with E-state index in [-0.39, 0.29) is 6.04 Å². The van der Waals surface area contributed by atoms with Gasteiger partial charge in [-0.3, -0.25) is 4.98 Å². The van der Waals surface area contributed by atoms with Crippen LogP contribution in [0.25, 0.3) is 0 Å². The van der Waals surface area contributed by atoms with Crippen LogP contribution >= 0.6 is 11.6 Å². The number of likely N-dealkylation sites (N-methyl/N-ethyl adjacent to an activating group) is 1. The summed E-state index contributed by atoms with van der Waals surface area (Å²) in [5.41, 5.74) is 0. The Balaban J connectivity index is 1.67. The van der Waals surface area contributed by atoms with Crippen molar-refractivity contribution in [1.29, 1.82) is 0 Å². The summed E-state index contributed by atoms with van der Waals surface area (Å²) >= 11 is 5.71. The van der Waals surface area contributed by atoms with Crippen LogP contribution in [0.1, 0.15) is 0 Å². The Morgan fingerprint density at radius 2 is 2.10 bits per heavy atom. The van der Waals surface area contributed by atoms with Crippen LogP contribution in [-0.2, 0) is 0 Å². The molecule has 0 bridgehead atoms. The van der Waals surface area contributed by atoms with Crippen LogP contribution in [0, 0.1) is 5.82 Å². The highest BCUT2D eigenvalue weighted by atomic mass is 35.5. The van der Waals surface area contributed by atoms with Gasteiger partial charge in [0.1, 0.15) is 5.82 Å². The van der Waals surface area contributed by atoms with Gasteiger partial charge in [0, 0.05) is 38.7 Å². The summed E-state index contributed by atoms with van der Waals surface area (Å²) in [5, 5.41) is 0.300. The summed E-state index contributed by atoms with van der Waals surface area (Å²) in [6, 6.07) is 1.47. The van der Waals surface area contributed by atoms with Crippen LogP contribution in [0.4, 0.5) is 16.0 Å². The highest BCUT2D eigenvalue weighted by Crippen LogP contribution is 2.25. The zero-order valence-corrected chi connectivity index (χ0v) is 11.6. The van der Waals surface area contributed by atoms with E-state index in [9.17, 15) is 4.39 Å². The highest BCUT2D eigenvalue weighted by Gasteiger charge is 2.32. The third-order valence-corrected chi connectivity index (χ3v) is 3.61. The molecule has 0 amide bonds. The lowest BCUT2D eigenvalue weighted by Gasteiger charge is -2.44. The lowest BCUT2D eigenvalue weighted by atomic mass is 10.1. The molecular weight excluding hydrogens is 281 g/mol. The standard InChI is InChI=1S/C13H13ClFN5/c1-19(13-11(15)4-9(14)5-18-13)10-7-20(8-10)12-6-16-2-3-17-12/h2-6,10H,7-8H2,1H3. The molecule has 0 N–H and O–H groups in total. The first-order chi connectivity index (χ1) is 9.65. The first kappa shape index (κ1) is 13.1. The Kier molecular flexibility index (Phi) is 3.40. The van der Waals surface area contributed by atoms with Crippen molar-refractivity contribution in [3.05, 3.63) is 41.7 Å². The molecule has 2 aromatic rings. The Morgan fingerprint density at radius 3 is 2.75 bits per heavy atom. The number of aromatic nitrogens is 3. The molecule has 1 fully saturated rings. The summed E-state index contributed by atoms with van der Waals surface area (Å²) in [7, 11) is 1.83. The summed E-state index contributed by atoms with van der Waals surface area (Å²) < 4.78 is 13.8. The van der Waals surface area contributed by atoms with Gasteiger partial charge < -0.3 is 9.80 Å². The van der Waals surface area contributed by atoms with Crippen molar-refractivity contribution in [3.63, 3.8) is 0 Å². The van der Waals surface area contributed by atoms with Gasteiger partial charge in [0.25, 0.3) is 0 Å². The monoisotopic (exact) mass is 293 g/mol. The molecule has 2 aromatic heterocycles. The summed E-state index contributed by atoms with van der Waals surface area (Å²) in [6.07, 6.45) is 6.47. The number of hydrogen-bond donors (Lipinski definition) is 0. The van der Waals surface area contributed by atoms with Crippen molar-refractivity contribution in [3.8, 4) is 0 Å². The summed E-state index contributed by atoms with van der Waals surface area (Å²) in [4.78, 5) is 16.2. The largest absolute Gasteiger partial charge is 0.351 e. The molecular formula is C13H13ClFN5. The maximum atomic E-state index is 13.8. The third kappa shape index (κ3) is 2.38. The Hall–Kier alpha value is -1.95. The fourth-order valence-electron chi connectivity index (χ4n) is 2.18. The SMILES string of the molecule is CN(c1ncc(Cl)cc1F)C1CN(c2cnccn2)C1. The fourth-order valence-corrected chi connectivity index (χ4v) is 2.33. The predicted octanol–water partition coefficient (Wildman–Crippen LogP) is 1.99. The van der Waals surface area contributed by atoms with Crippen LogP contribution in [-0.4, -0.2) is 41.1 Å². The molecule has 7 heteroatoms. The minimum atomic E-state index is -0.405. The van der Waals surface area contributed by atoms with Crippen molar-refractivity contribution in [2.75, 3.05) is 29.9 Å². The van der Waals surface area contributed by atoms with Crippen LogP contribution in [0.3, 0.4) is 0 Å². The second-order valence-corrected chi connectivity index (χ2v) is 5.13. The molecule has 20 heavy (non-hydrogen) atoms. The molecule has 0 aliphatic carbocycles. The van der Waals surface area contributed by atoms with E-state index in [1.165, 1.54) is 12.3 Å². The van der Waals surface area contributed by atoms with Gasteiger partial charge in [0.2, 0.25) is 0 Å². The molecule has 0 radical (unpaired) electrons. The first-order valence-corrected chi connectivity index (χ1v) is 6.58. The van der Waals surface area contributed by atoms with Gasteiger partial charge in [-0.15, -0.1) is 0 Å². The second kappa shape index (κ2) is 5.20. The van der Waals surface area contributed by atoms with Crippen LogP contribution in [0.15, 0.2) is 30.9 Å². The molecule has 1 aliphatic heterocycles. The zero-order chi connectivity index (χ0) is 14.1. The van der Waals surface area contributed by atoms with Crippen LogP contribution in [0.2, 0.25) is 5.02 Å². The van der Waals surface area contributed by atoms with E-state index >= 15 is 0 Å².